The Kier molecular flexibility index (Phi) is 3.80. The number of hydrogen-bond donors (Lipinski definition) is 1. The van der Waals surface area contributed by atoms with Gasteiger partial charge >= 0.3 is 0 Å². The largest absolute Gasteiger partial charge is 0.383 e. The van der Waals surface area contributed by atoms with Gasteiger partial charge in [-0.15, -0.1) is 0 Å². The van der Waals surface area contributed by atoms with Crippen LogP contribution in [0.25, 0.3) is 0 Å². The zero-order valence-electron chi connectivity index (χ0n) is 11.1. The molecular formula is C15H17N3O. The van der Waals surface area contributed by atoms with Crippen LogP contribution in [0.5, 0.6) is 0 Å². The summed E-state index contributed by atoms with van der Waals surface area (Å²) >= 11 is 0. The average Bonchev–Trinajstić information content (AvgIpc) is 2.38. The summed E-state index contributed by atoms with van der Waals surface area (Å²) in [5.41, 5.74) is 8.44. The molecule has 4 heteroatoms. The Morgan fingerprint density at radius 1 is 1.32 bits per heavy atom. The first-order valence-corrected chi connectivity index (χ1v) is 6.09. The van der Waals surface area contributed by atoms with Crippen molar-refractivity contribution >= 4 is 11.7 Å². The number of nitrogen functional groups attached to an aromatic ring is 1. The number of hydrogen-bond acceptors (Lipinski definition) is 3. The molecule has 0 radical (unpaired) electrons. The van der Waals surface area contributed by atoms with Gasteiger partial charge in [0.25, 0.3) is 5.91 Å². The lowest BCUT2D eigenvalue weighted by Crippen LogP contribution is -2.27. The van der Waals surface area contributed by atoms with Crippen molar-refractivity contribution in [3.8, 4) is 0 Å². The zero-order chi connectivity index (χ0) is 13.8. The molecule has 1 aromatic heterocycles. The van der Waals surface area contributed by atoms with Gasteiger partial charge in [0.1, 0.15) is 5.82 Å². The Labute approximate surface area is 112 Å². The molecular weight excluding hydrogens is 238 g/mol. The molecule has 1 aromatic carbocycles. The van der Waals surface area contributed by atoms with Crippen molar-refractivity contribution in [3.63, 3.8) is 0 Å². The van der Waals surface area contributed by atoms with E-state index in [0.29, 0.717) is 12.1 Å². The third kappa shape index (κ3) is 3.10. The molecule has 0 unspecified atom stereocenters. The molecule has 1 heterocycles. The lowest BCUT2D eigenvalue weighted by molar-refractivity contribution is 0.0786. The summed E-state index contributed by atoms with van der Waals surface area (Å²) < 4.78 is 0. The fourth-order valence-electron chi connectivity index (χ4n) is 1.96. The second kappa shape index (κ2) is 5.52. The first-order chi connectivity index (χ1) is 9.08. The minimum absolute atomic E-state index is 0.118. The van der Waals surface area contributed by atoms with Gasteiger partial charge in [-0.1, -0.05) is 29.8 Å². The lowest BCUT2D eigenvalue weighted by Gasteiger charge is -2.18. The van der Waals surface area contributed by atoms with Crippen LogP contribution in [0.2, 0.25) is 0 Å². The van der Waals surface area contributed by atoms with Crippen molar-refractivity contribution in [2.75, 3.05) is 12.8 Å². The Balaban J connectivity index is 2.14. The molecule has 1 amide bonds. The van der Waals surface area contributed by atoms with E-state index in [4.69, 9.17) is 5.73 Å². The van der Waals surface area contributed by atoms with E-state index in [1.807, 2.05) is 25.1 Å². The zero-order valence-corrected chi connectivity index (χ0v) is 11.1. The van der Waals surface area contributed by atoms with Crippen LogP contribution in [0.1, 0.15) is 21.5 Å². The highest BCUT2D eigenvalue weighted by Crippen LogP contribution is 2.13. The number of carbonyl (C=O) groups is 1. The molecule has 0 fully saturated rings. The number of anilines is 1. The summed E-state index contributed by atoms with van der Waals surface area (Å²) in [5, 5.41) is 0. The van der Waals surface area contributed by atoms with Crippen LogP contribution in [0.3, 0.4) is 0 Å². The number of benzene rings is 1. The van der Waals surface area contributed by atoms with Gasteiger partial charge in [0.15, 0.2) is 0 Å². The topological polar surface area (TPSA) is 59.2 Å². The molecule has 4 nitrogen and oxygen atoms in total. The van der Waals surface area contributed by atoms with E-state index >= 15 is 0 Å². The maximum absolute atomic E-state index is 12.3. The summed E-state index contributed by atoms with van der Waals surface area (Å²) in [4.78, 5) is 17.8. The number of nitrogens with zero attached hydrogens (tertiary/aromatic N) is 2. The van der Waals surface area contributed by atoms with Gasteiger partial charge in [0, 0.05) is 19.8 Å². The summed E-state index contributed by atoms with van der Waals surface area (Å²) in [6.45, 7) is 2.58. The average molecular weight is 255 g/mol. The van der Waals surface area contributed by atoms with Crippen LogP contribution >= 0.6 is 0 Å². The standard InChI is InChI=1S/C15H17N3O/c1-11-5-3-6-12(9-11)10-18(2)15(19)13-7-4-8-17-14(13)16/h3-9H,10H2,1-2H3,(H2,16,17). The highest BCUT2D eigenvalue weighted by Gasteiger charge is 2.15. The van der Waals surface area contributed by atoms with Crippen LogP contribution in [-0.4, -0.2) is 22.8 Å². The Hall–Kier alpha value is -2.36. The fourth-order valence-corrected chi connectivity index (χ4v) is 1.96. The molecule has 0 spiro atoms. The van der Waals surface area contributed by atoms with Gasteiger partial charge in [-0.2, -0.15) is 0 Å². The predicted molar refractivity (Wildman–Crippen MR) is 75.6 cm³/mol. The molecule has 2 aromatic rings. The van der Waals surface area contributed by atoms with Crippen LogP contribution in [-0.2, 0) is 6.54 Å². The maximum Gasteiger partial charge on any atom is 0.257 e. The Morgan fingerprint density at radius 3 is 2.79 bits per heavy atom. The number of rotatable bonds is 3. The van der Waals surface area contributed by atoms with Crippen molar-refractivity contribution in [1.29, 1.82) is 0 Å². The monoisotopic (exact) mass is 255 g/mol. The number of carbonyl (C=O) groups excluding carboxylic acids is 1. The lowest BCUT2D eigenvalue weighted by atomic mass is 10.1. The third-order valence-corrected chi connectivity index (χ3v) is 2.92. The van der Waals surface area contributed by atoms with Gasteiger partial charge in [-0.3, -0.25) is 4.79 Å². The molecule has 0 saturated carbocycles. The molecule has 19 heavy (non-hydrogen) atoms. The second-order valence-electron chi connectivity index (χ2n) is 4.59. The quantitative estimate of drug-likeness (QED) is 0.915. The smallest absolute Gasteiger partial charge is 0.257 e. The number of amides is 1. The molecule has 0 atom stereocenters. The normalized spacial score (nSPS) is 10.2. The van der Waals surface area contributed by atoms with Crippen LogP contribution in [0.4, 0.5) is 5.82 Å². The van der Waals surface area contributed by atoms with Crippen molar-refractivity contribution < 1.29 is 4.79 Å². The van der Waals surface area contributed by atoms with Gasteiger partial charge in [0.05, 0.1) is 5.56 Å². The summed E-state index contributed by atoms with van der Waals surface area (Å²) in [6.07, 6.45) is 1.58. The highest BCUT2D eigenvalue weighted by atomic mass is 16.2. The van der Waals surface area contributed by atoms with Crippen LogP contribution in [0.15, 0.2) is 42.6 Å². The maximum atomic E-state index is 12.3. The predicted octanol–water partition coefficient (Wildman–Crippen LogP) is 2.24. The van der Waals surface area contributed by atoms with E-state index in [2.05, 4.69) is 11.1 Å². The summed E-state index contributed by atoms with van der Waals surface area (Å²) in [7, 11) is 1.76. The molecule has 0 bridgehead atoms. The molecule has 0 saturated heterocycles. The van der Waals surface area contributed by atoms with Crippen molar-refractivity contribution in [2.45, 2.75) is 13.5 Å². The Bertz CT molecular complexity index is 595. The SMILES string of the molecule is Cc1cccc(CN(C)C(=O)c2cccnc2N)c1. The van der Waals surface area contributed by atoms with Crippen molar-refractivity contribution in [2.24, 2.45) is 0 Å². The molecule has 0 aliphatic rings. The van der Waals surface area contributed by atoms with Gasteiger partial charge < -0.3 is 10.6 Å². The number of pyridine rings is 1. The second-order valence-corrected chi connectivity index (χ2v) is 4.59. The summed E-state index contributed by atoms with van der Waals surface area (Å²) in [5.74, 6) is 0.149. The van der Waals surface area contributed by atoms with E-state index < -0.39 is 0 Å². The molecule has 98 valence electrons. The Morgan fingerprint density at radius 2 is 2.11 bits per heavy atom. The minimum Gasteiger partial charge on any atom is -0.383 e. The van der Waals surface area contributed by atoms with Crippen molar-refractivity contribution in [3.05, 3.63) is 59.3 Å². The highest BCUT2D eigenvalue weighted by molar-refractivity contribution is 5.98. The van der Waals surface area contributed by atoms with Gasteiger partial charge in [-0.25, -0.2) is 4.98 Å². The van der Waals surface area contributed by atoms with Gasteiger partial charge in [0.2, 0.25) is 0 Å². The van der Waals surface area contributed by atoms with E-state index in [0.717, 1.165) is 5.56 Å². The first kappa shape index (κ1) is 13.1. The minimum atomic E-state index is -0.118. The van der Waals surface area contributed by atoms with Crippen LogP contribution < -0.4 is 5.73 Å². The number of aryl methyl sites for hydroxylation is 1. The van der Waals surface area contributed by atoms with E-state index in [9.17, 15) is 4.79 Å². The summed E-state index contributed by atoms with van der Waals surface area (Å²) in [6, 6.07) is 11.5. The van der Waals surface area contributed by atoms with E-state index in [-0.39, 0.29) is 11.7 Å². The van der Waals surface area contributed by atoms with E-state index in [1.54, 1.807) is 30.3 Å². The first-order valence-electron chi connectivity index (χ1n) is 6.09. The van der Waals surface area contributed by atoms with Crippen molar-refractivity contribution in [1.82, 2.24) is 9.88 Å². The molecule has 2 rings (SSSR count). The van der Waals surface area contributed by atoms with Gasteiger partial charge in [-0.05, 0) is 24.6 Å². The third-order valence-electron chi connectivity index (χ3n) is 2.92. The van der Waals surface area contributed by atoms with E-state index in [1.165, 1.54) is 5.56 Å². The fraction of sp³-hybridized carbons (Fsp3) is 0.200. The molecule has 0 aliphatic carbocycles. The molecule has 2 N–H and O–H groups in total. The number of nitrogens with two attached hydrogens (primary N) is 1. The molecule has 0 aliphatic heterocycles. The van der Waals surface area contributed by atoms with Crippen LogP contribution in [0, 0.1) is 6.92 Å². The number of aromatic nitrogens is 1.